The first-order valence-corrected chi connectivity index (χ1v) is 15.1. The van der Waals surface area contributed by atoms with Gasteiger partial charge in [0.1, 0.15) is 19.3 Å². The molecule has 0 aliphatic carbocycles. The van der Waals surface area contributed by atoms with E-state index in [0.717, 1.165) is 0 Å². The molecule has 0 aromatic heterocycles. The van der Waals surface area contributed by atoms with Crippen molar-refractivity contribution in [2.24, 2.45) is 0 Å². The zero-order valence-electron chi connectivity index (χ0n) is 25.6. The highest BCUT2D eigenvalue weighted by molar-refractivity contribution is 5.97. The van der Waals surface area contributed by atoms with E-state index in [2.05, 4.69) is 42.1 Å². The number of nitrogens with zero attached hydrogens (tertiary/aromatic N) is 3. The predicted octanol–water partition coefficient (Wildman–Crippen LogP) is -5.08. The summed E-state index contributed by atoms with van der Waals surface area (Å²) in [6.07, 6.45) is -0.964. The number of nitrogens with one attached hydrogen (secondary N) is 7. The van der Waals surface area contributed by atoms with Crippen LogP contribution in [0.1, 0.15) is 26.2 Å². The molecule has 3 heterocycles. The molecule has 0 atom stereocenters. The summed E-state index contributed by atoms with van der Waals surface area (Å²) in [5.74, 6) is -2.65. The van der Waals surface area contributed by atoms with E-state index < -0.39 is 35.4 Å². The van der Waals surface area contributed by atoms with Crippen LogP contribution in [0.2, 0.25) is 0 Å². The third kappa shape index (κ3) is 17.3. The Balaban J connectivity index is 2.22. The van der Waals surface area contributed by atoms with Crippen molar-refractivity contribution in [1.82, 2.24) is 51.9 Å². The predicted molar refractivity (Wildman–Crippen MR) is 160 cm³/mol. The van der Waals surface area contributed by atoms with E-state index in [1.807, 2.05) is 9.80 Å². The third-order valence-electron chi connectivity index (χ3n) is 7.00. The lowest BCUT2D eigenvalue weighted by molar-refractivity contribution is -0.131. The fourth-order valence-electron chi connectivity index (χ4n) is 4.61. The highest BCUT2D eigenvalue weighted by Gasteiger charge is 2.16. The molecule has 0 aromatic rings. The van der Waals surface area contributed by atoms with E-state index in [0.29, 0.717) is 72.0 Å². The first kappa shape index (κ1) is 36.4. The number of hydrogen-bond donors (Lipinski definition) is 7. The smallest absolute Gasteiger partial charge is 0.229 e. The van der Waals surface area contributed by atoms with E-state index in [1.165, 1.54) is 6.92 Å². The molecule has 0 aromatic carbocycles. The van der Waals surface area contributed by atoms with Gasteiger partial charge in [-0.25, -0.2) is 0 Å². The molecule has 0 spiro atoms. The van der Waals surface area contributed by atoms with Gasteiger partial charge in [0, 0.05) is 112 Å². The summed E-state index contributed by atoms with van der Waals surface area (Å²) in [5, 5.41) is 19.2. The molecule has 248 valence electrons. The Kier molecular flexibility index (Phi) is 17.3. The lowest BCUT2D eigenvalue weighted by atomic mass is 10.3. The van der Waals surface area contributed by atoms with Gasteiger partial charge in [0.2, 0.25) is 41.4 Å². The number of carbonyl (C=O) groups is 7. The molecule has 7 amide bonds. The fraction of sp³-hybridized carbons (Fsp3) is 0.741. The summed E-state index contributed by atoms with van der Waals surface area (Å²) in [6.45, 7) is 7.45. The van der Waals surface area contributed by atoms with Gasteiger partial charge < -0.3 is 37.2 Å². The van der Waals surface area contributed by atoms with Gasteiger partial charge in [-0.2, -0.15) is 0 Å². The summed E-state index contributed by atoms with van der Waals surface area (Å²) in [5.41, 5.74) is 0. The topological polar surface area (TPSA) is 213 Å². The summed E-state index contributed by atoms with van der Waals surface area (Å²) in [4.78, 5) is 91.6. The standard InChI is InChI=1S/C27H48N10O7/c1-21(38)28-2-9-36-13-6-32-25(42)18-22(39)29-3-10-35-11-4-30-23(40)19-26(43)33-7-14-37(17-16-36)15-8-34-27(44)20-24(41)31-5-12-35/h2-20H2,1H3,(H,28,38)(H,29,39)(H,30,40)(H,31,41)(H,32,42)(H,33,43)(H,34,44). The molecule has 3 aliphatic rings. The Morgan fingerprint density at radius 1 is 0.523 bits per heavy atom. The maximum Gasteiger partial charge on any atom is 0.229 e. The van der Waals surface area contributed by atoms with E-state index in [9.17, 15) is 33.6 Å². The molecular formula is C27H48N10O7. The van der Waals surface area contributed by atoms with Crippen LogP contribution < -0.4 is 37.2 Å². The quantitative estimate of drug-likeness (QED) is 0.148. The van der Waals surface area contributed by atoms with Gasteiger partial charge in [0.15, 0.2) is 0 Å². The second kappa shape index (κ2) is 21.0. The number of fused-ring (bicyclic) bond motifs is 27. The molecule has 0 saturated carbocycles. The Morgan fingerprint density at radius 2 is 0.841 bits per heavy atom. The number of hydrogen-bond acceptors (Lipinski definition) is 10. The molecule has 3 rings (SSSR count). The summed E-state index contributed by atoms with van der Waals surface area (Å²) < 4.78 is 0. The highest BCUT2D eigenvalue weighted by Crippen LogP contribution is 1.95. The zero-order valence-corrected chi connectivity index (χ0v) is 25.6. The third-order valence-corrected chi connectivity index (χ3v) is 7.00. The van der Waals surface area contributed by atoms with Crippen molar-refractivity contribution < 1.29 is 33.6 Å². The van der Waals surface area contributed by atoms with Gasteiger partial charge in [-0.3, -0.25) is 48.3 Å². The van der Waals surface area contributed by atoms with Crippen molar-refractivity contribution in [1.29, 1.82) is 0 Å². The van der Waals surface area contributed by atoms with E-state index in [4.69, 9.17) is 0 Å². The van der Waals surface area contributed by atoms with E-state index in [-0.39, 0.29) is 57.9 Å². The highest BCUT2D eigenvalue weighted by atomic mass is 16.2. The second-order valence-corrected chi connectivity index (χ2v) is 10.6. The Labute approximate surface area is 257 Å². The number of carbonyl (C=O) groups excluding carboxylic acids is 7. The van der Waals surface area contributed by atoms with Crippen LogP contribution in [-0.2, 0) is 33.6 Å². The van der Waals surface area contributed by atoms with Gasteiger partial charge in [-0.15, -0.1) is 0 Å². The van der Waals surface area contributed by atoms with Gasteiger partial charge in [0.25, 0.3) is 0 Å². The number of amides is 7. The summed E-state index contributed by atoms with van der Waals surface area (Å²) in [7, 11) is 0. The van der Waals surface area contributed by atoms with Crippen LogP contribution in [0.4, 0.5) is 0 Å². The van der Waals surface area contributed by atoms with Gasteiger partial charge in [0.05, 0.1) is 0 Å². The second-order valence-electron chi connectivity index (χ2n) is 10.6. The average Bonchev–Trinajstić information content (AvgIpc) is 2.93. The van der Waals surface area contributed by atoms with Crippen LogP contribution in [0.25, 0.3) is 0 Å². The van der Waals surface area contributed by atoms with Gasteiger partial charge in [-0.1, -0.05) is 0 Å². The van der Waals surface area contributed by atoms with Gasteiger partial charge >= 0.3 is 0 Å². The van der Waals surface area contributed by atoms with Crippen molar-refractivity contribution in [3.05, 3.63) is 0 Å². The van der Waals surface area contributed by atoms with Crippen LogP contribution in [0.15, 0.2) is 0 Å². The lowest BCUT2D eigenvalue weighted by Gasteiger charge is -2.28. The van der Waals surface area contributed by atoms with Crippen LogP contribution in [-0.4, -0.2) is 161 Å². The summed E-state index contributed by atoms with van der Waals surface area (Å²) in [6, 6.07) is 0. The Morgan fingerprint density at radius 3 is 1.18 bits per heavy atom. The number of rotatable bonds is 3. The summed E-state index contributed by atoms with van der Waals surface area (Å²) >= 11 is 0. The SMILES string of the molecule is CC(=O)NCCN1CCNC(=O)CC(=O)NCCN2CCNC(=O)CC(=O)NCCN(CCNC(=O)CC(=O)NCC2)CC1. The van der Waals surface area contributed by atoms with Crippen LogP contribution in [0.5, 0.6) is 0 Å². The molecule has 17 nitrogen and oxygen atoms in total. The molecule has 3 fully saturated rings. The molecule has 7 N–H and O–H groups in total. The van der Waals surface area contributed by atoms with E-state index in [1.54, 1.807) is 0 Å². The minimum atomic E-state index is -0.434. The van der Waals surface area contributed by atoms with Crippen LogP contribution >= 0.6 is 0 Å². The minimum Gasteiger partial charge on any atom is -0.355 e. The van der Waals surface area contributed by atoms with Crippen LogP contribution in [0, 0.1) is 0 Å². The fourth-order valence-corrected chi connectivity index (χ4v) is 4.61. The van der Waals surface area contributed by atoms with Crippen molar-refractivity contribution in [2.45, 2.75) is 26.2 Å². The molecule has 44 heavy (non-hydrogen) atoms. The lowest BCUT2D eigenvalue weighted by Crippen LogP contribution is -2.46. The molecule has 3 aliphatic heterocycles. The molecule has 0 radical (unpaired) electrons. The first-order chi connectivity index (χ1) is 21.1. The monoisotopic (exact) mass is 624 g/mol. The van der Waals surface area contributed by atoms with Crippen molar-refractivity contribution in [2.75, 3.05) is 105 Å². The van der Waals surface area contributed by atoms with Gasteiger partial charge in [-0.05, 0) is 0 Å². The van der Waals surface area contributed by atoms with Crippen molar-refractivity contribution in [3.8, 4) is 0 Å². The Hall–Kier alpha value is -3.83. The normalized spacial score (nSPS) is 24.0. The largest absolute Gasteiger partial charge is 0.355 e. The van der Waals surface area contributed by atoms with Crippen molar-refractivity contribution in [3.63, 3.8) is 0 Å². The van der Waals surface area contributed by atoms with E-state index >= 15 is 0 Å². The van der Waals surface area contributed by atoms with Crippen molar-refractivity contribution >= 4 is 41.4 Å². The maximum atomic E-state index is 12.4. The minimum absolute atomic E-state index is 0.159. The first-order valence-electron chi connectivity index (χ1n) is 15.1. The zero-order chi connectivity index (χ0) is 32.2. The molecule has 3 saturated heterocycles. The maximum absolute atomic E-state index is 12.4. The molecule has 17 heteroatoms. The molecule has 2 bridgehead atoms. The molecular weight excluding hydrogens is 576 g/mol. The average molecular weight is 625 g/mol. The van der Waals surface area contributed by atoms with Crippen LogP contribution in [0.3, 0.4) is 0 Å². The molecule has 0 unspecified atom stereocenters. The Bertz CT molecular complexity index is 954.